The molecule has 2 heterocycles. The first-order valence-electron chi connectivity index (χ1n) is 8.44. The molecule has 146 valence electrons. The van der Waals surface area contributed by atoms with Crippen molar-refractivity contribution in [3.05, 3.63) is 64.7 Å². The molecular weight excluding hydrogens is 366 g/mol. The van der Waals surface area contributed by atoms with Crippen molar-refractivity contribution in [3.63, 3.8) is 0 Å². The predicted molar refractivity (Wildman–Crippen MR) is 96.0 cm³/mol. The van der Waals surface area contributed by atoms with E-state index in [1.807, 2.05) is 0 Å². The molecule has 2 aromatic heterocycles. The number of carbonyl (C=O) groups excluding carboxylic acids is 1. The summed E-state index contributed by atoms with van der Waals surface area (Å²) < 4.78 is 16.0. The molecule has 0 aliphatic carbocycles. The highest BCUT2D eigenvalue weighted by Crippen LogP contribution is 2.22. The molecule has 0 aliphatic heterocycles. The van der Waals surface area contributed by atoms with Crippen LogP contribution in [-0.2, 0) is 13.2 Å². The Hall–Kier alpha value is -3.62. The fraction of sp³-hybridized carbons (Fsp3) is 0.263. The van der Waals surface area contributed by atoms with Gasteiger partial charge in [0.1, 0.15) is 22.8 Å². The minimum Gasteiger partial charge on any atom is -0.485 e. The van der Waals surface area contributed by atoms with Gasteiger partial charge in [0, 0.05) is 14.0 Å². The number of furan rings is 1. The first kappa shape index (κ1) is 19.2. The van der Waals surface area contributed by atoms with Gasteiger partial charge in [-0.15, -0.1) is 0 Å². The van der Waals surface area contributed by atoms with Gasteiger partial charge >= 0.3 is 5.97 Å². The van der Waals surface area contributed by atoms with Crippen LogP contribution in [0.3, 0.4) is 0 Å². The molecule has 3 rings (SSSR count). The zero-order valence-corrected chi connectivity index (χ0v) is 15.6. The lowest BCUT2D eigenvalue weighted by atomic mass is 10.1. The van der Waals surface area contributed by atoms with Crippen molar-refractivity contribution >= 4 is 11.9 Å². The number of carboxylic acid groups (broad SMARTS) is 1. The molecule has 1 N–H and O–H groups in total. The van der Waals surface area contributed by atoms with Gasteiger partial charge in [-0.25, -0.2) is 4.79 Å². The lowest BCUT2D eigenvalue weighted by Gasteiger charge is -2.18. The van der Waals surface area contributed by atoms with Crippen molar-refractivity contribution in [2.24, 2.45) is 0 Å². The summed E-state index contributed by atoms with van der Waals surface area (Å²) in [5, 5.41) is 12.9. The third-order valence-corrected chi connectivity index (χ3v) is 3.98. The predicted octanol–water partition coefficient (Wildman–Crippen LogP) is 2.83. The van der Waals surface area contributed by atoms with Gasteiger partial charge in [-0.1, -0.05) is 17.3 Å². The Kier molecular flexibility index (Phi) is 5.44. The average Bonchev–Trinajstić information content (AvgIpc) is 3.24. The molecule has 0 unspecified atom stereocenters. The molecule has 0 aliphatic rings. The van der Waals surface area contributed by atoms with Crippen LogP contribution in [-0.4, -0.2) is 39.1 Å². The fourth-order valence-electron chi connectivity index (χ4n) is 2.66. The summed E-state index contributed by atoms with van der Waals surface area (Å²) in [6.07, 6.45) is 0. The smallest absolute Gasteiger partial charge is 0.339 e. The van der Waals surface area contributed by atoms with Crippen LogP contribution in [0.4, 0.5) is 0 Å². The van der Waals surface area contributed by atoms with Crippen molar-refractivity contribution in [1.29, 1.82) is 0 Å². The lowest BCUT2D eigenvalue weighted by molar-refractivity contribution is 0.0694. The van der Waals surface area contributed by atoms with Crippen molar-refractivity contribution in [2.75, 3.05) is 7.05 Å². The summed E-state index contributed by atoms with van der Waals surface area (Å²) in [7, 11) is 1.60. The number of ether oxygens (including phenoxy) is 1. The first-order valence-corrected chi connectivity index (χ1v) is 8.44. The number of para-hydroxylation sites is 1. The first-order chi connectivity index (χ1) is 13.3. The molecular formula is C19H19N3O6. The van der Waals surface area contributed by atoms with Crippen LogP contribution in [0.15, 0.2) is 39.3 Å². The third-order valence-electron chi connectivity index (χ3n) is 3.98. The van der Waals surface area contributed by atoms with Gasteiger partial charge < -0.3 is 23.7 Å². The van der Waals surface area contributed by atoms with Crippen molar-refractivity contribution in [1.82, 2.24) is 15.0 Å². The Bertz CT molecular complexity index is 1010. The average molecular weight is 385 g/mol. The minimum atomic E-state index is -1.07. The maximum atomic E-state index is 12.8. The maximum Gasteiger partial charge on any atom is 0.339 e. The monoisotopic (exact) mass is 385 g/mol. The van der Waals surface area contributed by atoms with Crippen molar-refractivity contribution in [3.8, 4) is 5.75 Å². The summed E-state index contributed by atoms with van der Waals surface area (Å²) >= 11 is 0. The van der Waals surface area contributed by atoms with Crippen LogP contribution >= 0.6 is 0 Å². The van der Waals surface area contributed by atoms with E-state index in [0.717, 1.165) is 0 Å². The summed E-state index contributed by atoms with van der Waals surface area (Å²) in [6.45, 7) is 3.42. The fourth-order valence-corrected chi connectivity index (χ4v) is 2.66. The number of nitrogens with zero attached hydrogens (tertiary/aromatic N) is 3. The zero-order valence-electron chi connectivity index (χ0n) is 15.6. The Labute approximate surface area is 160 Å². The Morgan fingerprint density at radius 1 is 1.21 bits per heavy atom. The van der Waals surface area contributed by atoms with Crippen LogP contribution < -0.4 is 4.74 Å². The molecule has 0 saturated carbocycles. The largest absolute Gasteiger partial charge is 0.485 e. The van der Waals surface area contributed by atoms with Gasteiger partial charge in [-0.2, -0.15) is 4.98 Å². The van der Waals surface area contributed by atoms with E-state index < -0.39 is 5.97 Å². The van der Waals surface area contributed by atoms with Crippen LogP contribution in [0.25, 0.3) is 0 Å². The molecule has 0 radical (unpaired) electrons. The van der Waals surface area contributed by atoms with Crippen molar-refractivity contribution in [2.45, 2.75) is 27.0 Å². The van der Waals surface area contributed by atoms with Gasteiger partial charge in [0.2, 0.25) is 11.7 Å². The highest BCUT2D eigenvalue weighted by Gasteiger charge is 2.20. The number of rotatable bonds is 7. The van der Waals surface area contributed by atoms with Gasteiger partial charge in [-0.3, -0.25) is 4.79 Å². The molecule has 0 atom stereocenters. The molecule has 1 aromatic carbocycles. The highest BCUT2D eigenvalue weighted by atomic mass is 16.5. The number of aromatic nitrogens is 2. The number of carbonyl (C=O) groups is 2. The van der Waals surface area contributed by atoms with Gasteiger partial charge in [-0.05, 0) is 25.1 Å². The van der Waals surface area contributed by atoms with Crippen LogP contribution in [0.1, 0.15) is 44.0 Å². The molecule has 0 bridgehead atoms. The third kappa shape index (κ3) is 4.20. The number of carboxylic acids is 1. The Morgan fingerprint density at radius 3 is 2.61 bits per heavy atom. The van der Waals surface area contributed by atoms with E-state index in [1.165, 1.54) is 11.0 Å². The second-order valence-electron chi connectivity index (χ2n) is 6.16. The van der Waals surface area contributed by atoms with Crippen molar-refractivity contribution < 1.29 is 28.4 Å². The Balaban J connectivity index is 1.72. The van der Waals surface area contributed by atoms with E-state index in [9.17, 15) is 9.59 Å². The highest BCUT2D eigenvalue weighted by molar-refractivity contribution is 5.96. The molecule has 0 fully saturated rings. The quantitative estimate of drug-likeness (QED) is 0.659. The number of hydrogen-bond acceptors (Lipinski definition) is 7. The van der Waals surface area contributed by atoms with Crippen LogP contribution in [0.2, 0.25) is 0 Å². The van der Waals surface area contributed by atoms with E-state index in [1.54, 1.807) is 45.2 Å². The Morgan fingerprint density at radius 2 is 1.96 bits per heavy atom. The number of aryl methyl sites for hydroxylation is 2. The van der Waals surface area contributed by atoms with E-state index in [-0.39, 0.29) is 24.6 Å². The molecule has 0 saturated heterocycles. The van der Waals surface area contributed by atoms with Crippen LogP contribution in [0, 0.1) is 13.8 Å². The molecule has 0 spiro atoms. The molecule has 9 nitrogen and oxygen atoms in total. The lowest BCUT2D eigenvalue weighted by Crippen LogP contribution is -2.26. The molecule has 9 heteroatoms. The SMILES string of the molecule is Cc1nc(COc2ccccc2C(=O)N(C)Cc2cc(C(=O)O)c(C)o2)no1. The van der Waals surface area contributed by atoms with Gasteiger partial charge in [0.05, 0.1) is 12.1 Å². The van der Waals surface area contributed by atoms with E-state index in [4.69, 9.17) is 18.8 Å². The number of amides is 1. The van der Waals surface area contributed by atoms with E-state index in [2.05, 4.69) is 10.1 Å². The number of aromatic carboxylic acids is 1. The second-order valence-corrected chi connectivity index (χ2v) is 6.16. The van der Waals surface area contributed by atoms with Gasteiger partial charge in [0.25, 0.3) is 5.91 Å². The summed E-state index contributed by atoms with van der Waals surface area (Å²) in [4.78, 5) is 29.5. The molecule has 28 heavy (non-hydrogen) atoms. The topological polar surface area (TPSA) is 119 Å². The molecule has 1 amide bonds. The standard InChI is InChI=1S/C19H19N3O6/c1-11-15(19(24)25)8-13(27-11)9-22(3)18(23)14-6-4-5-7-16(14)26-10-17-20-12(2)28-21-17/h4-8H,9-10H2,1-3H3,(H,24,25). The summed E-state index contributed by atoms with van der Waals surface area (Å²) in [5.74, 6) is 0.484. The zero-order chi connectivity index (χ0) is 20.3. The number of hydrogen-bond donors (Lipinski definition) is 1. The van der Waals surface area contributed by atoms with E-state index >= 15 is 0 Å². The summed E-state index contributed by atoms with van der Waals surface area (Å²) in [6, 6.07) is 8.22. The number of benzene rings is 1. The summed E-state index contributed by atoms with van der Waals surface area (Å²) in [5.41, 5.74) is 0.432. The van der Waals surface area contributed by atoms with E-state index in [0.29, 0.717) is 34.5 Å². The minimum absolute atomic E-state index is 0.0602. The van der Waals surface area contributed by atoms with Gasteiger partial charge in [0.15, 0.2) is 6.61 Å². The van der Waals surface area contributed by atoms with Crippen LogP contribution in [0.5, 0.6) is 5.75 Å². The normalized spacial score (nSPS) is 10.7. The second kappa shape index (κ2) is 7.95. The molecule has 3 aromatic rings. The maximum absolute atomic E-state index is 12.8.